The summed E-state index contributed by atoms with van der Waals surface area (Å²) in [6.07, 6.45) is 1.91. The molecule has 6 nitrogen and oxygen atoms in total. The number of nitrogens with zero attached hydrogens (tertiary/aromatic N) is 2. The SMILES string of the molecule is CCN(CCO)C(=O)C1Cc2ccccc2CN1C(=O)c1ccco1. The van der Waals surface area contributed by atoms with Gasteiger partial charge in [0.15, 0.2) is 5.76 Å². The number of aliphatic hydroxyl groups excluding tert-OH is 1. The molecule has 132 valence electrons. The fourth-order valence-electron chi connectivity index (χ4n) is 3.25. The van der Waals surface area contributed by atoms with E-state index in [9.17, 15) is 14.7 Å². The maximum Gasteiger partial charge on any atom is 0.290 e. The van der Waals surface area contributed by atoms with E-state index in [0.29, 0.717) is 19.5 Å². The van der Waals surface area contributed by atoms with Crippen LogP contribution in [0.15, 0.2) is 47.1 Å². The molecule has 0 bridgehead atoms. The fourth-order valence-corrected chi connectivity index (χ4v) is 3.25. The summed E-state index contributed by atoms with van der Waals surface area (Å²) in [6, 6.07) is 10.5. The summed E-state index contributed by atoms with van der Waals surface area (Å²) in [7, 11) is 0. The lowest BCUT2D eigenvalue weighted by Gasteiger charge is -2.38. The van der Waals surface area contributed by atoms with E-state index in [1.807, 2.05) is 31.2 Å². The molecule has 25 heavy (non-hydrogen) atoms. The Hall–Kier alpha value is -2.60. The second-order valence-corrected chi connectivity index (χ2v) is 6.04. The molecule has 2 aromatic rings. The molecule has 1 aromatic heterocycles. The van der Waals surface area contributed by atoms with Crippen molar-refractivity contribution in [1.29, 1.82) is 0 Å². The Labute approximate surface area is 146 Å². The maximum atomic E-state index is 13.0. The van der Waals surface area contributed by atoms with E-state index in [-0.39, 0.29) is 30.7 Å². The van der Waals surface area contributed by atoms with Gasteiger partial charge in [-0.25, -0.2) is 0 Å². The topological polar surface area (TPSA) is 74.0 Å². The van der Waals surface area contributed by atoms with Gasteiger partial charge in [-0.3, -0.25) is 9.59 Å². The second kappa shape index (κ2) is 7.53. The van der Waals surface area contributed by atoms with Gasteiger partial charge in [0.1, 0.15) is 6.04 Å². The zero-order chi connectivity index (χ0) is 17.8. The quantitative estimate of drug-likeness (QED) is 0.897. The predicted molar refractivity (Wildman–Crippen MR) is 91.9 cm³/mol. The minimum Gasteiger partial charge on any atom is -0.459 e. The number of amides is 2. The van der Waals surface area contributed by atoms with Crippen LogP contribution in [-0.4, -0.2) is 52.5 Å². The average molecular weight is 342 g/mol. The van der Waals surface area contributed by atoms with Gasteiger partial charge in [0.25, 0.3) is 5.91 Å². The van der Waals surface area contributed by atoms with Crippen molar-refractivity contribution >= 4 is 11.8 Å². The van der Waals surface area contributed by atoms with Crippen LogP contribution in [-0.2, 0) is 17.8 Å². The van der Waals surface area contributed by atoms with E-state index in [4.69, 9.17) is 4.42 Å². The first-order chi connectivity index (χ1) is 12.2. The van der Waals surface area contributed by atoms with E-state index >= 15 is 0 Å². The highest BCUT2D eigenvalue weighted by atomic mass is 16.3. The Bertz CT molecular complexity index is 742. The van der Waals surface area contributed by atoms with Crippen LogP contribution in [0.3, 0.4) is 0 Å². The van der Waals surface area contributed by atoms with Crippen LogP contribution >= 0.6 is 0 Å². The molecule has 0 aliphatic carbocycles. The molecule has 1 atom stereocenters. The number of aliphatic hydroxyl groups is 1. The normalized spacial score (nSPS) is 16.4. The number of carbonyl (C=O) groups excluding carboxylic acids is 2. The maximum absolute atomic E-state index is 13.0. The largest absolute Gasteiger partial charge is 0.459 e. The first-order valence-corrected chi connectivity index (χ1v) is 8.46. The van der Waals surface area contributed by atoms with Gasteiger partial charge >= 0.3 is 0 Å². The summed E-state index contributed by atoms with van der Waals surface area (Å²) in [4.78, 5) is 29.0. The van der Waals surface area contributed by atoms with Crippen LogP contribution in [0.25, 0.3) is 0 Å². The third-order valence-electron chi connectivity index (χ3n) is 4.59. The Morgan fingerprint density at radius 3 is 2.64 bits per heavy atom. The molecule has 3 rings (SSSR count). The van der Waals surface area contributed by atoms with Gasteiger partial charge in [-0.05, 0) is 30.2 Å². The van der Waals surface area contributed by atoms with Crippen molar-refractivity contribution in [2.24, 2.45) is 0 Å². The first-order valence-electron chi connectivity index (χ1n) is 8.46. The highest BCUT2D eigenvalue weighted by molar-refractivity contribution is 5.96. The molecule has 1 aliphatic rings. The standard InChI is InChI=1S/C19H22N2O4/c1-2-20(9-10-22)18(23)16-12-14-6-3-4-7-15(14)13-21(16)19(24)17-8-5-11-25-17/h3-8,11,16,22H,2,9-10,12-13H2,1H3. The van der Waals surface area contributed by atoms with Gasteiger partial charge in [-0.1, -0.05) is 24.3 Å². The summed E-state index contributed by atoms with van der Waals surface area (Å²) in [6.45, 7) is 2.87. The molecule has 1 N–H and O–H groups in total. The molecule has 1 aromatic carbocycles. The van der Waals surface area contributed by atoms with Gasteiger partial charge in [-0.15, -0.1) is 0 Å². The lowest BCUT2D eigenvalue weighted by Crippen LogP contribution is -2.54. The Balaban J connectivity index is 1.94. The number of benzene rings is 1. The number of furan rings is 1. The molecule has 6 heteroatoms. The summed E-state index contributed by atoms with van der Waals surface area (Å²) in [5, 5.41) is 9.21. The number of hydrogen-bond acceptors (Lipinski definition) is 4. The van der Waals surface area contributed by atoms with Gasteiger partial charge in [0.2, 0.25) is 5.91 Å². The van der Waals surface area contributed by atoms with Crippen LogP contribution in [0.4, 0.5) is 0 Å². The van der Waals surface area contributed by atoms with Gasteiger partial charge in [0.05, 0.1) is 12.9 Å². The van der Waals surface area contributed by atoms with Crippen LogP contribution in [0.2, 0.25) is 0 Å². The minimum absolute atomic E-state index is 0.102. The van der Waals surface area contributed by atoms with Gasteiger partial charge in [0, 0.05) is 26.1 Å². The third-order valence-corrected chi connectivity index (χ3v) is 4.59. The number of rotatable bonds is 5. The Kier molecular flexibility index (Phi) is 5.19. The molecule has 0 spiro atoms. The van der Waals surface area contributed by atoms with Crippen molar-refractivity contribution in [3.05, 3.63) is 59.5 Å². The highest BCUT2D eigenvalue weighted by Gasteiger charge is 2.37. The van der Waals surface area contributed by atoms with Crippen molar-refractivity contribution in [2.45, 2.75) is 25.9 Å². The molecule has 0 radical (unpaired) electrons. The number of hydrogen-bond donors (Lipinski definition) is 1. The lowest BCUT2D eigenvalue weighted by molar-refractivity contribution is -0.137. The molecule has 1 unspecified atom stereocenters. The zero-order valence-electron chi connectivity index (χ0n) is 14.2. The lowest BCUT2D eigenvalue weighted by atomic mass is 9.93. The second-order valence-electron chi connectivity index (χ2n) is 6.04. The van der Waals surface area contributed by atoms with Crippen LogP contribution in [0.1, 0.15) is 28.6 Å². The van der Waals surface area contributed by atoms with E-state index in [1.54, 1.807) is 21.9 Å². The zero-order valence-corrected chi connectivity index (χ0v) is 14.2. The molecule has 2 heterocycles. The first kappa shape index (κ1) is 17.2. The summed E-state index contributed by atoms with van der Waals surface area (Å²) >= 11 is 0. The van der Waals surface area contributed by atoms with Crippen LogP contribution in [0, 0.1) is 0 Å². The summed E-state index contributed by atoms with van der Waals surface area (Å²) in [5.41, 5.74) is 2.11. The van der Waals surface area contributed by atoms with Crippen molar-refractivity contribution in [1.82, 2.24) is 9.80 Å². The van der Waals surface area contributed by atoms with Gasteiger partial charge in [-0.2, -0.15) is 0 Å². The molecule has 0 saturated heterocycles. The van der Waals surface area contributed by atoms with Crippen molar-refractivity contribution < 1.29 is 19.1 Å². The monoisotopic (exact) mass is 342 g/mol. The Morgan fingerprint density at radius 2 is 2.00 bits per heavy atom. The minimum atomic E-state index is -0.598. The molecule has 0 saturated carbocycles. The van der Waals surface area contributed by atoms with Crippen LogP contribution < -0.4 is 0 Å². The van der Waals surface area contributed by atoms with Crippen molar-refractivity contribution in [2.75, 3.05) is 19.7 Å². The van der Waals surface area contributed by atoms with Gasteiger partial charge < -0.3 is 19.3 Å². The predicted octanol–water partition coefficient (Wildman–Crippen LogP) is 1.69. The number of carbonyl (C=O) groups is 2. The number of likely N-dealkylation sites (N-methyl/N-ethyl adjacent to an activating group) is 1. The molecule has 1 aliphatic heterocycles. The number of fused-ring (bicyclic) bond motifs is 1. The van der Waals surface area contributed by atoms with E-state index < -0.39 is 6.04 Å². The van der Waals surface area contributed by atoms with Crippen molar-refractivity contribution in [3.63, 3.8) is 0 Å². The highest BCUT2D eigenvalue weighted by Crippen LogP contribution is 2.26. The van der Waals surface area contributed by atoms with E-state index in [2.05, 4.69) is 0 Å². The summed E-state index contributed by atoms with van der Waals surface area (Å²) in [5.74, 6) is -0.216. The fraction of sp³-hybridized carbons (Fsp3) is 0.368. The van der Waals surface area contributed by atoms with E-state index in [0.717, 1.165) is 11.1 Å². The van der Waals surface area contributed by atoms with E-state index in [1.165, 1.54) is 6.26 Å². The smallest absolute Gasteiger partial charge is 0.290 e. The molecule has 0 fully saturated rings. The molecular formula is C19H22N2O4. The molecule has 2 amide bonds. The van der Waals surface area contributed by atoms with Crippen LogP contribution in [0.5, 0.6) is 0 Å². The third kappa shape index (κ3) is 3.44. The molecular weight excluding hydrogens is 320 g/mol. The average Bonchev–Trinajstić information content (AvgIpc) is 3.18. The Morgan fingerprint density at radius 1 is 1.24 bits per heavy atom. The van der Waals surface area contributed by atoms with Crippen molar-refractivity contribution in [3.8, 4) is 0 Å². The summed E-state index contributed by atoms with van der Waals surface area (Å²) < 4.78 is 5.24.